The second-order valence-electron chi connectivity index (χ2n) is 5.59. The third kappa shape index (κ3) is 2.56. The SMILES string of the molecule is N[C@@H](Cc1cnc[nH]1)C(=O)N1C[C@H]2CC=CC[C@H]2C1. The number of fused-ring (bicyclic) bond motifs is 1. The summed E-state index contributed by atoms with van der Waals surface area (Å²) in [7, 11) is 0. The normalized spacial score (nSPS) is 27.3. The number of nitrogens with one attached hydrogen (secondary N) is 1. The Morgan fingerprint density at radius 1 is 1.42 bits per heavy atom. The fraction of sp³-hybridized carbons (Fsp3) is 0.571. The van der Waals surface area contributed by atoms with E-state index < -0.39 is 6.04 Å². The molecular formula is C14H20N4O. The van der Waals surface area contributed by atoms with Crippen LogP contribution in [0.4, 0.5) is 0 Å². The highest BCUT2D eigenvalue weighted by Gasteiger charge is 2.36. The third-order valence-corrected chi connectivity index (χ3v) is 4.24. The highest BCUT2D eigenvalue weighted by molar-refractivity contribution is 5.82. The van der Waals surface area contributed by atoms with E-state index in [1.54, 1.807) is 12.5 Å². The molecule has 0 saturated carbocycles. The van der Waals surface area contributed by atoms with Crippen LogP contribution in [0.2, 0.25) is 0 Å². The zero-order chi connectivity index (χ0) is 13.2. The van der Waals surface area contributed by atoms with Crippen LogP contribution >= 0.6 is 0 Å². The van der Waals surface area contributed by atoms with Crippen molar-refractivity contribution >= 4 is 5.91 Å². The molecule has 0 radical (unpaired) electrons. The molecule has 0 aromatic carbocycles. The molecule has 0 bridgehead atoms. The Hall–Kier alpha value is -1.62. The van der Waals surface area contributed by atoms with E-state index >= 15 is 0 Å². The molecule has 3 N–H and O–H groups in total. The number of H-pyrrole nitrogens is 1. The summed E-state index contributed by atoms with van der Waals surface area (Å²) in [6.07, 6.45) is 10.5. The quantitative estimate of drug-likeness (QED) is 0.786. The van der Waals surface area contributed by atoms with E-state index in [2.05, 4.69) is 22.1 Å². The van der Waals surface area contributed by atoms with Crippen molar-refractivity contribution in [3.63, 3.8) is 0 Å². The van der Waals surface area contributed by atoms with E-state index in [0.29, 0.717) is 18.3 Å². The van der Waals surface area contributed by atoms with Gasteiger partial charge in [0.15, 0.2) is 0 Å². The lowest BCUT2D eigenvalue weighted by atomic mass is 9.86. The number of nitrogens with two attached hydrogens (primary N) is 1. The van der Waals surface area contributed by atoms with Crippen molar-refractivity contribution in [2.24, 2.45) is 17.6 Å². The van der Waals surface area contributed by atoms with Gasteiger partial charge in [-0.3, -0.25) is 4.79 Å². The molecule has 0 unspecified atom stereocenters. The maximum absolute atomic E-state index is 12.4. The van der Waals surface area contributed by atoms with Gasteiger partial charge in [0.2, 0.25) is 5.91 Å². The number of rotatable bonds is 3. The molecule has 5 heteroatoms. The van der Waals surface area contributed by atoms with Crippen LogP contribution in [0.3, 0.4) is 0 Å². The highest BCUT2D eigenvalue weighted by atomic mass is 16.2. The summed E-state index contributed by atoms with van der Waals surface area (Å²) in [6, 6.07) is -0.464. The molecule has 1 aliphatic heterocycles. The molecule has 1 aliphatic carbocycles. The average molecular weight is 260 g/mol. The molecule has 102 valence electrons. The second-order valence-corrected chi connectivity index (χ2v) is 5.59. The molecule has 1 fully saturated rings. The first-order chi connectivity index (χ1) is 9.24. The fourth-order valence-electron chi connectivity index (χ4n) is 3.15. The average Bonchev–Trinajstić information content (AvgIpc) is 3.05. The lowest BCUT2D eigenvalue weighted by Crippen LogP contribution is -2.44. The van der Waals surface area contributed by atoms with Crippen LogP contribution in [0.1, 0.15) is 18.5 Å². The van der Waals surface area contributed by atoms with Crippen molar-refractivity contribution in [3.05, 3.63) is 30.4 Å². The van der Waals surface area contributed by atoms with Gasteiger partial charge in [0.1, 0.15) is 0 Å². The summed E-state index contributed by atoms with van der Waals surface area (Å²) in [5.74, 6) is 1.34. The summed E-state index contributed by atoms with van der Waals surface area (Å²) in [5.41, 5.74) is 6.94. The third-order valence-electron chi connectivity index (χ3n) is 4.24. The van der Waals surface area contributed by atoms with Crippen molar-refractivity contribution in [2.45, 2.75) is 25.3 Å². The maximum atomic E-state index is 12.4. The number of allylic oxidation sites excluding steroid dienone is 2. The predicted molar refractivity (Wildman–Crippen MR) is 72.2 cm³/mol. The van der Waals surface area contributed by atoms with Gasteiger partial charge in [0, 0.05) is 31.4 Å². The number of amides is 1. The highest BCUT2D eigenvalue weighted by Crippen LogP contribution is 2.32. The van der Waals surface area contributed by atoms with E-state index in [1.165, 1.54) is 0 Å². The van der Waals surface area contributed by atoms with Crippen LogP contribution in [0.5, 0.6) is 0 Å². The molecule has 2 aliphatic rings. The number of imidazole rings is 1. The van der Waals surface area contributed by atoms with E-state index in [4.69, 9.17) is 5.73 Å². The summed E-state index contributed by atoms with van der Waals surface area (Å²) in [5, 5.41) is 0. The van der Waals surface area contributed by atoms with E-state index in [1.807, 2.05) is 4.90 Å². The maximum Gasteiger partial charge on any atom is 0.239 e. The van der Waals surface area contributed by atoms with E-state index in [-0.39, 0.29) is 5.91 Å². The number of carbonyl (C=O) groups excluding carboxylic acids is 1. The van der Waals surface area contributed by atoms with Crippen molar-refractivity contribution in [3.8, 4) is 0 Å². The van der Waals surface area contributed by atoms with Crippen LogP contribution in [-0.2, 0) is 11.2 Å². The molecule has 0 spiro atoms. The Balaban J connectivity index is 1.59. The van der Waals surface area contributed by atoms with Gasteiger partial charge in [-0.25, -0.2) is 4.98 Å². The van der Waals surface area contributed by atoms with Crippen LogP contribution in [0.25, 0.3) is 0 Å². The molecule has 1 amide bonds. The zero-order valence-corrected chi connectivity index (χ0v) is 11.0. The van der Waals surface area contributed by atoms with E-state index in [0.717, 1.165) is 31.6 Å². The van der Waals surface area contributed by atoms with Crippen LogP contribution < -0.4 is 5.73 Å². The Kier molecular flexibility index (Phi) is 3.38. The molecular weight excluding hydrogens is 240 g/mol. The fourth-order valence-corrected chi connectivity index (χ4v) is 3.15. The van der Waals surface area contributed by atoms with Crippen LogP contribution in [0, 0.1) is 11.8 Å². The zero-order valence-electron chi connectivity index (χ0n) is 11.0. The van der Waals surface area contributed by atoms with Gasteiger partial charge < -0.3 is 15.6 Å². The molecule has 3 atom stereocenters. The first-order valence-corrected chi connectivity index (χ1v) is 6.90. The lowest BCUT2D eigenvalue weighted by Gasteiger charge is -2.20. The predicted octanol–water partition coefficient (Wildman–Crippen LogP) is 0.704. The Morgan fingerprint density at radius 3 is 2.68 bits per heavy atom. The van der Waals surface area contributed by atoms with Gasteiger partial charge in [-0.15, -0.1) is 0 Å². The van der Waals surface area contributed by atoms with Gasteiger partial charge in [-0.05, 0) is 24.7 Å². The van der Waals surface area contributed by atoms with Gasteiger partial charge >= 0.3 is 0 Å². The number of carbonyl (C=O) groups is 1. The smallest absolute Gasteiger partial charge is 0.239 e. The lowest BCUT2D eigenvalue weighted by molar-refractivity contribution is -0.131. The number of hydrogen-bond donors (Lipinski definition) is 2. The molecule has 3 rings (SSSR count). The molecule has 1 aromatic rings. The minimum absolute atomic E-state index is 0.0731. The van der Waals surface area contributed by atoms with Gasteiger partial charge in [0.05, 0.1) is 12.4 Å². The van der Waals surface area contributed by atoms with Crippen molar-refractivity contribution in [1.82, 2.24) is 14.9 Å². The molecule has 1 saturated heterocycles. The molecule has 5 nitrogen and oxygen atoms in total. The van der Waals surface area contributed by atoms with Crippen LogP contribution in [0.15, 0.2) is 24.7 Å². The van der Waals surface area contributed by atoms with Crippen LogP contribution in [-0.4, -0.2) is 39.9 Å². The van der Waals surface area contributed by atoms with Gasteiger partial charge in [0.25, 0.3) is 0 Å². The Labute approximate surface area is 112 Å². The first kappa shape index (κ1) is 12.4. The van der Waals surface area contributed by atoms with Crippen molar-refractivity contribution in [1.29, 1.82) is 0 Å². The van der Waals surface area contributed by atoms with Gasteiger partial charge in [-0.2, -0.15) is 0 Å². The Morgan fingerprint density at radius 2 is 2.11 bits per heavy atom. The Bertz CT molecular complexity index is 452. The minimum atomic E-state index is -0.464. The summed E-state index contributed by atoms with van der Waals surface area (Å²) < 4.78 is 0. The number of hydrogen-bond acceptors (Lipinski definition) is 3. The van der Waals surface area contributed by atoms with Gasteiger partial charge in [-0.1, -0.05) is 12.2 Å². The largest absolute Gasteiger partial charge is 0.348 e. The number of likely N-dealkylation sites (tertiary alicyclic amines) is 1. The molecule has 19 heavy (non-hydrogen) atoms. The second kappa shape index (κ2) is 5.17. The molecule has 2 heterocycles. The monoisotopic (exact) mass is 260 g/mol. The van der Waals surface area contributed by atoms with Crippen molar-refractivity contribution in [2.75, 3.05) is 13.1 Å². The number of aromatic nitrogens is 2. The van der Waals surface area contributed by atoms with E-state index in [9.17, 15) is 4.79 Å². The topological polar surface area (TPSA) is 75.0 Å². The first-order valence-electron chi connectivity index (χ1n) is 6.90. The minimum Gasteiger partial charge on any atom is -0.348 e. The standard InChI is InChI=1S/C14H20N4O/c15-13(5-12-6-16-9-17-12)14(19)18-7-10-3-1-2-4-11(10)8-18/h1-2,6,9-11,13H,3-5,7-8,15H2,(H,16,17)/t10-,11+,13-/m0/s1. The summed E-state index contributed by atoms with van der Waals surface area (Å²) in [4.78, 5) is 21.2. The number of aromatic amines is 1. The summed E-state index contributed by atoms with van der Waals surface area (Å²) in [6.45, 7) is 1.73. The van der Waals surface area contributed by atoms with Crippen molar-refractivity contribution < 1.29 is 4.79 Å². The number of nitrogens with zero attached hydrogens (tertiary/aromatic N) is 2. The molecule has 1 aromatic heterocycles. The summed E-state index contributed by atoms with van der Waals surface area (Å²) >= 11 is 0.